The SMILES string of the molecule is COCCONC(=O)C1NCCc2ccccc21. The van der Waals surface area contributed by atoms with Crippen LogP contribution in [0.15, 0.2) is 24.3 Å². The van der Waals surface area contributed by atoms with Crippen molar-refractivity contribution in [1.29, 1.82) is 0 Å². The van der Waals surface area contributed by atoms with E-state index in [0.29, 0.717) is 13.2 Å². The fourth-order valence-electron chi connectivity index (χ4n) is 2.04. The second-order valence-corrected chi connectivity index (χ2v) is 4.14. The molecule has 18 heavy (non-hydrogen) atoms. The first-order valence-corrected chi connectivity index (χ1v) is 6.04. The zero-order valence-electron chi connectivity index (χ0n) is 10.4. The number of methoxy groups -OCH3 is 1. The van der Waals surface area contributed by atoms with Crippen LogP contribution in [0.1, 0.15) is 17.2 Å². The second kappa shape index (κ2) is 6.49. The van der Waals surface area contributed by atoms with Gasteiger partial charge >= 0.3 is 0 Å². The molecule has 0 fully saturated rings. The molecule has 1 aromatic rings. The number of fused-ring (bicyclic) bond motifs is 1. The summed E-state index contributed by atoms with van der Waals surface area (Å²) in [5, 5.41) is 3.19. The molecular weight excluding hydrogens is 232 g/mol. The fraction of sp³-hybridized carbons (Fsp3) is 0.462. The van der Waals surface area contributed by atoms with E-state index in [1.54, 1.807) is 7.11 Å². The molecule has 0 saturated heterocycles. The Morgan fingerprint density at radius 1 is 1.44 bits per heavy atom. The molecule has 5 heteroatoms. The summed E-state index contributed by atoms with van der Waals surface area (Å²) in [7, 11) is 1.59. The van der Waals surface area contributed by atoms with E-state index in [2.05, 4.69) is 16.9 Å². The molecule has 1 aliphatic rings. The number of ether oxygens (including phenoxy) is 1. The number of hydrogen-bond donors (Lipinski definition) is 2. The van der Waals surface area contributed by atoms with Crippen LogP contribution >= 0.6 is 0 Å². The van der Waals surface area contributed by atoms with Crippen LogP contribution in [-0.2, 0) is 20.8 Å². The Labute approximate surface area is 106 Å². The molecule has 0 spiro atoms. The van der Waals surface area contributed by atoms with E-state index in [4.69, 9.17) is 9.57 Å². The van der Waals surface area contributed by atoms with Crippen LogP contribution < -0.4 is 10.8 Å². The van der Waals surface area contributed by atoms with Crippen molar-refractivity contribution in [3.63, 3.8) is 0 Å². The first-order valence-electron chi connectivity index (χ1n) is 6.04. The predicted molar refractivity (Wildman–Crippen MR) is 66.9 cm³/mol. The van der Waals surface area contributed by atoms with Gasteiger partial charge in [-0.15, -0.1) is 0 Å². The van der Waals surface area contributed by atoms with Crippen molar-refractivity contribution in [2.75, 3.05) is 26.9 Å². The van der Waals surface area contributed by atoms with Crippen LogP contribution in [0.5, 0.6) is 0 Å². The van der Waals surface area contributed by atoms with Crippen molar-refractivity contribution in [3.8, 4) is 0 Å². The molecule has 1 aromatic carbocycles. The lowest BCUT2D eigenvalue weighted by molar-refractivity contribution is -0.137. The van der Waals surface area contributed by atoms with Crippen molar-refractivity contribution in [3.05, 3.63) is 35.4 Å². The molecule has 1 atom stereocenters. The third kappa shape index (κ3) is 3.07. The zero-order valence-corrected chi connectivity index (χ0v) is 10.4. The number of hydrogen-bond acceptors (Lipinski definition) is 4. The standard InChI is InChI=1S/C13H18N2O3/c1-17-8-9-18-15-13(16)12-11-5-3-2-4-10(11)6-7-14-12/h2-5,12,14H,6-9H2,1H3,(H,15,16). The summed E-state index contributed by atoms with van der Waals surface area (Å²) < 4.78 is 4.83. The summed E-state index contributed by atoms with van der Waals surface area (Å²) >= 11 is 0. The lowest BCUT2D eigenvalue weighted by atomic mass is 9.94. The first-order chi connectivity index (χ1) is 8.83. The number of amides is 1. The van der Waals surface area contributed by atoms with Gasteiger partial charge in [0.25, 0.3) is 5.91 Å². The second-order valence-electron chi connectivity index (χ2n) is 4.14. The smallest absolute Gasteiger partial charge is 0.265 e. The van der Waals surface area contributed by atoms with Crippen LogP contribution in [0.25, 0.3) is 0 Å². The van der Waals surface area contributed by atoms with Gasteiger partial charge in [-0.2, -0.15) is 0 Å². The lowest BCUT2D eigenvalue weighted by Gasteiger charge is -2.25. The summed E-state index contributed by atoms with van der Waals surface area (Å²) in [5.41, 5.74) is 4.69. The molecule has 1 amide bonds. The highest BCUT2D eigenvalue weighted by molar-refractivity contribution is 5.83. The Bertz CT molecular complexity index is 409. The van der Waals surface area contributed by atoms with Crippen LogP contribution in [0.2, 0.25) is 0 Å². The highest BCUT2D eigenvalue weighted by Crippen LogP contribution is 2.22. The van der Waals surface area contributed by atoms with E-state index in [1.165, 1.54) is 5.56 Å². The molecule has 2 N–H and O–H groups in total. The maximum absolute atomic E-state index is 12.0. The molecule has 1 heterocycles. The molecule has 0 aromatic heterocycles. The van der Waals surface area contributed by atoms with Gasteiger partial charge < -0.3 is 10.1 Å². The van der Waals surface area contributed by atoms with Crippen molar-refractivity contribution in [1.82, 2.24) is 10.8 Å². The van der Waals surface area contributed by atoms with Crippen molar-refractivity contribution >= 4 is 5.91 Å². The van der Waals surface area contributed by atoms with Gasteiger partial charge in [0, 0.05) is 13.7 Å². The minimum Gasteiger partial charge on any atom is -0.382 e. The van der Waals surface area contributed by atoms with E-state index in [0.717, 1.165) is 18.5 Å². The quantitative estimate of drug-likeness (QED) is 0.592. The number of carbonyl (C=O) groups excluding carboxylic acids is 1. The molecule has 5 nitrogen and oxygen atoms in total. The van der Waals surface area contributed by atoms with E-state index < -0.39 is 0 Å². The maximum atomic E-state index is 12.0. The van der Waals surface area contributed by atoms with E-state index in [1.807, 2.05) is 18.2 Å². The van der Waals surface area contributed by atoms with Gasteiger partial charge in [-0.25, -0.2) is 5.48 Å². The molecule has 0 bridgehead atoms. The summed E-state index contributed by atoms with van der Waals surface area (Å²) in [5.74, 6) is -0.168. The molecule has 0 radical (unpaired) electrons. The normalized spacial score (nSPS) is 18.2. The van der Waals surface area contributed by atoms with Gasteiger partial charge in [-0.1, -0.05) is 24.3 Å². The number of nitrogens with one attached hydrogen (secondary N) is 2. The third-order valence-electron chi connectivity index (χ3n) is 2.93. The molecule has 98 valence electrons. The largest absolute Gasteiger partial charge is 0.382 e. The topological polar surface area (TPSA) is 59.6 Å². The summed E-state index contributed by atoms with van der Waals surface area (Å²) in [4.78, 5) is 17.0. The first kappa shape index (κ1) is 13.0. The van der Waals surface area contributed by atoms with Gasteiger partial charge in [-0.05, 0) is 17.5 Å². The predicted octanol–water partition coefficient (Wildman–Crippen LogP) is 0.568. The maximum Gasteiger partial charge on any atom is 0.265 e. The average Bonchev–Trinajstić information content (AvgIpc) is 2.43. The lowest BCUT2D eigenvalue weighted by Crippen LogP contribution is -2.41. The molecule has 0 saturated carbocycles. The molecular formula is C13H18N2O3. The highest BCUT2D eigenvalue weighted by atomic mass is 16.7. The minimum atomic E-state index is -0.336. The van der Waals surface area contributed by atoms with Gasteiger partial charge in [0.15, 0.2) is 0 Å². The van der Waals surface area contributed by atoms with Crippen LogP contribution in [0.4, 0.5) is 0 Å². The van der Waals surface area contributed by atoms with Crippen LogP contribution in [-0.4, -0.2) is 32.8 Å². The Kier molecular flexibility index (Phi) is 4.69. The van der Waals surface area contributed by atoms with Crippen LogP contribution in [0.3, 0.4) is 0 Å². The molecule has 1 unspecified atom stereocenters. The van der Waals surface area contributed by atoms with Crippen LogP contribution in [0, 0.1) is 0 Å². The van der Waals surface area contributed by atoms with Crippen molar-refractivity contribution in [2.45, 2.75) is 12.5 Å². The highest BCUT2D eigenvalue weighted by Gasteiger charge is 2.25. The van der Waals surface area contributed by atoms with Gasteiger partial charge in [0.05, 0.1) is 13.2 Å². The molecule has 0 aliphatic carbocycles. The van der Waals surface area contributed by atoms with Crippen molar-refractivity contribution < 1.29 is 14.4 Å². The Hall–Kier alpha value is -1.43. The Morgan fingerprint density at radius 2 is 2.28 bits per heavy atom. The average molecular weight is 250 g/mol. The van der Waals surface area contributed by atoms with Gasteiger partial charge in [-0.3, -0.25) is 9.63 Å². The van der Waals surface area contributed by atoms with Gasteiger partial charge in [0.2, 0.25) is 0 Å². The summed E-state index contributed by atoms with van der Waals surface area (Å²) in [6.07, 6.45) is 0.949. The Morgan fingerprint density at radius 3 is 3.11 bits per heavy atom. The number of carbonyl (C=O) groups is 1. The van der Waals surface area contributed by atoms with Gasteiger partial charge in [0.1, 0.15) is 6.04 Å². The number of rotatable bonds is 5. The number of hydroxylamine groups is 1. The van der Waals surface area contributed by atoms with E-state index in [-0.39, 0.29) is 11.9 Å². The summed E-state index contributed by atoms with van der Waals surface area (Å²) in [6, 6.07) is 7.63. The Balaban J connectivity index is 1.95. The zero-order chi connectivity index (χ0) is 12.8. The van der Waals surface area contributed by atoms with Crippen molar-refractivity contribution in [2.24, 2.45) is 0 Å². The monoisotopic (exact) mass is 250 g/mol. The minimum absolute atomic E-state index is 0.168. The van der Waals surface area contributed by atoms with E-state index in [9.17, 15) is 4.79 Å². The fourth-order valence-corrected chi connectivity index (χ4v) is 2.04. The molecule has 2 rings (SSSR count). The molecule has 1 aliphatic heterocycles. The third-order valence-corrected chi connectivity index (χ3v) is 2.93. The van der Waals surface area contributed by atoms with E-state index >= 15 is 0 Å². The number of benzene rings is 1. The summed E-state index contributed by atoms with van der Waals surface area (Å²) in [6.45, 7) is 1.60.